The molecule has 9 heteroatoms. The van der Waals surface area contributed by atoms with Crippen LogP contribution in [0.15, 0.2) is 79.5 Å². The van der Waals surface area contributed by atoms with Gasteiger partial charge in [0.2, 0.25) is 5.95 Å². The number of nitrogens with one attached hydrogen (secondary N) is 1. The molecule has 190 valence electrons. The average molecular weight is 513 g/mol. The summed E-state index contributed by atoms with van der Waals surface area (Å²) in [6, 6.07) is 17.2. The number of rotatable bonds is 10. The SMILES string of the molecule is COc1ccc2cn(-c3nccc(Nc4ccc(-c5cnn(COCC[Si](C)(C)C)c5)cc4)n3)cc2c1. The Bertz CT molecular complexity index is 1490. The van der Waals surface area contributed by atoms with E-state index < -0.39 is 8.07 Å². The van der Waals surface area contributed by atoms with Crippen molar-refractivity contribution in [1.82, 2.24) is 24.3 Å². The molecule has 0 fully saturated rings. The van der Waals surface area contributed by atoms with E-state index in [-0.39, 0.29) is 0 Å². The van der Waals surface area contributed by atoms with Crippen LogP contribution >= 0.6 is 0 Å². The molecule has 0 spiro atoms. The van der Waals surface area contributed by atoms with Crippen molar-refractivity contribution >= 4 is 30.4 Å². The first-order valence-electron chi connectivity index (χ1n) is 12.3. The van der Waals surface area contributed by atoms with Gasteiger partial charge < -0.3 is 14.8 Å². The summed E-state index contributed by atoms with van der Waals surface area (Å²) in [5.41, 5.74) is 3.09. The number of hydrogen-bond donors (Lipinski definition) is 1. The summed E-state index contributed by atoms with van der Waals surface area (Å²) in [6.07, 6.45) is 9.66. The highest BCUT2D eigenvalue weighted by Gasteiger charge is 2.12. The van der Waals surface area contributed by atoms with Gasteiger partial charge in [-0.3, -0.25) is 4.57 Å². The van der Waals surface area contributed by atoms with Crippen LogP contribution in [0.1, 0.15) is 0 Å². The van der Waals surface area contributed by atoms with Gasteiger partial charge in [-0.25, -0.2) is 9.67 Å². The Balaban J connectivity index is 1.23. The highest BCUT2D eigenvalue weighted by atomic mass is 28.3. The van der Waals surface area contributed by atoms with Crippen LogP contribution in [0.3, 0.4) is 0 Å². The predicted octanol–water partition coefficient (Wildman–Crippen LogP) is 6.35. The molecule has 0 saturated carbocycles. The van der Waals surface area contributed by atoms with Gasteiger partial charge in [0, 0.05) is 61.5 Å². The fourth-order valence-electron chi connectivity index (χ4n) is 3.92. The highest BCUT2D eigenvalue weighted by Crippen LogP contribution is 2.25. The first-order chi connectivity index (χ1) is 17.9. The molecule has 3 aromatic heterocycles. The summed E-state index contributed by atoms with van der Waals surface area (Å²) < 4.78 is 14.9. The Morgan fingerprint density at radius 1 is 0.919 bits per heavy atom. The molecule has 0 aliphatic heterocycles. The summed E-state index contributed by atoms with van der Waals surface area (Å²) in [7, 11) is 0.587. The summed E-state index contributed by atoms with van der Waals surface area (Å²) in [5.74, 6) is 2.14. The molecule has 0 unspecified atom stereocenters. The molecular weight excluding hydrogens is 480 g/mol. The van der Waals surface area contributed by atoms with E-state index in [0.717, 1.165) is 51.8 Å². The molecule has 0 radical (unpaired) electrons. The number of aromatic nitrogens is 5. The lowest BCUT2D eigenvalue weighted by molar-refractivity contribution is 0.0786. The summed E-state index contributed by atoms with van der Waals surface area (Å²) in [5, 5.41) is 9.98. The van der Waals surface area contributed by atoms with Crippen molar-refractivity contribution in [3.05, 3.63) is 79.5 Å². The van der Waals surface area contributed by atoms with E-state index in [0.29, 0.717) is 12.7 Å². The fraction of sp³-hybridized carbons (Fsp3) is 0.250. The number of hydrogen-bond acceptors (Lipinski definition) is 6. The van der Waals surface area contributed by atoms with Crippen LogP contribution in [-0.2, 0) is 11.5 Å². The van der Waals surface area contributed by atoms with Crippen LogP contribution in [0.4, 0.5) is 11.5 Å². The molecule has 0 saturated heterocycles. The standard InChI is InChI=1S/C28H32N6O2Si/c1-35-26-10-7-22-17-33(18-23(22)15-26)28-29-12-11-27(32-28)31-25-8-5-21(6-9-25)24-16-30-34(19-24)20-36-13-14-37(2,3)4/h5-12,15-19H,13-14,20H2,1-4H3,(H,29,31,32). The van der Waals surface area contributed by atoms with Crippen molar-refractivity contribution in [2.24, 2.45) is 0 Å². The van der Waals surface area contributed by atoms with Crippen molar-refractivity contribution in [1.29, 1.82) is 0 Å². The first-order valence-corrected chi connectivity index (χ1v) is 16.0. The number of ether oxygens (including phenoxy) is 2. The van der Waals surface area contributed by atoms with E-state index in [4.69, 9.17) is 14.5 Å². The number of benzene rings is 2. The van der Waals surface area contributed by atoms with Gasteiger partial charge in [0.15, 0.2) is 0 Å². The zero-order valence-electron chi connectivity index (χ0n) is 21.7. The van der Waals surface area contributed by atoms with E-state index in [1.54, 1.807) is 13.3 Å². The van der Waals surface area contributed by atoms with E-state index in [2.05, 4.69) is 47.2 Å². The maximum atomic E-state index is 5.81. The van der Waals surface area contributed by atoms with Crippen LogP contribution in [0.5, 0.6) is 5.75 Å². The molecule has 5 rings (SSSR count). The summed E-state index contributed by atoms with van der Waals surface area (Å²) in [4.78, 5) is 9.14. The predicted molar refractivity (Wildman–Crippen MR) is 150 cm³/mol. The maximum absolute atomic E-state index is 5.81. The van der Waals surface area contributed by atoms with Crippen LogP contribution in [-0.4, -0.2) is 46.1 Å². The Kier molecular flexibility index (Phi) is 7.07. The second-order valence-electron chi connectivity index (χ2n) is 10.2. The molecule has 3 heterocycles. The summed E-state index contributed by atoms with van der Waals surface area (Å²) >= 11 is 0. The number of anilines is 2. The van der Waals surface area contributed by atoms with E-state index in [1.807, 2.05) is 70.4 Å². The molecule has 1 N–H and O–H groups in total. The van der Waals surface area contributed by atoms with Gasteiger partial charge in [-0.1, -0.05) is 31.8 Å². The van der Waals surface area contributed by atoms with Crippen molar-refractivity contribution in [3.8, 4) is 22.8 Å². The lowest BCUT2D eigenvalue weighted by Gasteiger charge is -2.15. The lowest BCUT2D eigenvalue weighted by atomic mass is 10.1. The Labute approximate surface area is 217 Å². The van der Waals surface area contributed by atoms with E-state index in [1.165, 1.54) is 0 Å². The zero-order valence-corrected chi connectivity index (χ0v) is 22.7. The van der Waals surface area contributed by atoms with Crippen molar-refractivity contribution in [2.45, 2.75) is 32.4 Å². The van der Waals surface area contributed by atoms with Crippen molar-refractivity contribution in [3.63, 3.8) is 0 Å². The second-order valence-corrected chi connectivity index (χ2v) is 15.8. The fourth-order valence-corrected chi connectivity index (χ4v) is 4.67. The smallest absolute Gasteiger partial charge is 0.235 e. The molecule has 0 amide bonds. The van der Waals surface area contributed by atoms with Gasteiger partial charge in [0.25, 0.3) is 0 Å². The first kappa shape index (κ1) is 24.7. The molecular formula is C28H32N6O2Si. The van der Waals surface area contributed by atoms with Crippen LogP contribution in [0.25, 0.3) is 27.8 Å². The van der Waals surface area contributed by atoms with Gasteiger partial charge in [0.1, 0.15) is 18.3 Å². The molecule has 8 nitrogen and oxygen atoms in total. The molecule has 0 aliphatic carbocycles. The van der Waals surface area contributed by atoms with Gasteiger partial charge in [0.05, 0.1) is 13.3 Å². The maximum Gasteiger partial charge on any atom is 0.235 e. The van der Waals surface area contributed by atoms with E-state index >= 15 is 0 Å². The third-order valence-electron chi connectivity index (χ3n) is 6.07. The second kappa shape index (κ2) is 10.6. The zero-order chi connectivity index (χ0) is 25.8. The molecule has 5 aromatic rings. The minimum absolute atomic E-state index is 0.477. The number of nitrogens with zero attached hydrogens (tertiary/aromatic N) is 5. The third-order valence-corrected chi connectivity index (χ3v) is 7.77. The molecule has 0 bridgehead atoms. The van der Waals surface area contributed by atoms with E-state index in [9.17, 15) is 0 Å². The van der Waals surface area contributed by atoms with Crippen molar-refractivity contribution < 1.29 is 9.47 Å². The molecule has 2 aromatic carbocycles. The molecule has 37 heavy (non-hydrogen) atoms. The summed E-state index contributed by atoms with van der Waals surface area (Å²) in [6.45, 7) is 8.32. The Morgan fingerprint density at radius 2 is 1.73 bits per heavy atom. The van der Waals surface area contributed by atoms with Crippen molar-refractivity contribution in [2.75, 3.05) is 19.0 Å². The molecule has 0 atom stereocenters. The van der Waals surface area contributed by atoms with Crippen LogP contribution < -0.4 is 10.1 Å². The van der Waals surface area contributed by atoms with Crippen LogP contribution in [0.2, 0.25) is 25.7 Å². The Hall–Kier alpha value is -3.95. The van der Waals surface area contributed by atoms with Gasteiger partial charge in [-0.05, 0) is 48.0 Å². The largest absolute Gasteiger partial charge is 0.497 e. The topological polar surface area (TPSA) is 79.0 Å². The minimum Gasteiger partial charge on any atom is -0.497 e. The van der Waals surface area contributed by atoms with Gasteiger partial charge in [-0.15, -0.1) is 0 Å². The van der Waals surface area contributed by atoms with Gasteiger partial charge in [-0.2, -0.15) is 10.1 Å². The number of methoxy groups -OCH3 is 1. The Morgan fingerprint density at radius 3 is 2.51 bits per heavy atom. The molecule has 0 aliphatic rings. The average Bonchev–Trinajstić information content (AvgIpc) is 3.54. The highest BCUT2D eigenvalue weighted by molar-refractivity contribution is 6.76. The van der Waals surface area contributed by atoms with Gasteiger partial charge >= 0.3 is 0 Å². The quantitative estimate of drug-likeness (QED) is 0.174. The normalized spacial score (nSPS) is 11.7. The third kappa shape index (κ3) is 6.25. The van der Waals surface area contributed by atoms with Crippen LogP contribution in [0, 0.1) is 0 Å². The lowest BCUT2D eigenvalue weighted by Crippen LogP contribution is -2.22. The number of fused-ring (bicyclic) bond motifs is 1. The minimum atomic E-state index is -1.08. The monoisotopic (exact) mass is 512 g/mol.